The summed E-state index contributed by atoms with van der Waals surface area (Å²) < 4.78 is 1.16. The molecule has 106 valence electrons. The van der Waals surface area contributed by atoms with Crippen LogP contribution in [0, 0.1) is 2.88 Å². The standard InChI is InChI=1S/C14H21IN2OS/c1-11-5-2-3-7-17(11)8-4-6-16-14(18)12-9-13(15)19-10-12/h9-11H,2-8H2,1H3,(H,16,18). The number of amides is 1. The van der Waals surface area contributed by atoms with Gasteiger partial charge in [-0.05, 0) is 61.4 Å². The molecular weight excluding hydrogens is 371 g/mol. The Morgan fingerprint density at radius 1 is 1.58 bits per heavy atom. The third-order valence-corrected chi connectivity index (χ3v) is 5.47. The molecule has 1 aliphatic rings. The molecule has 1 saturated heterocycles. The van der Waals surface area contributed by atoms with E-state index in [2.05, 4.69) is 39.7 Å². The van der Waals surface area contributed by atoms with Gasteiger partial charge in [0.25, 0.3) is 5.91 Å². The first kappa shape index (κ1) is 15.3. The van der Waals surface area contributed by atoms with Crippen LogP contribution in [0.25, 0.3) is 0 Å². The zero-order valence-corrected chi connectivity index (χ0v) is 14.3. The first-order chi connectivity index (χ1) is 9.16. The zero-order chi connectivity index (χ0) is 13.7. The number of nitrogens with one attached hydrogen (secondary N) is 1. The van der Waals surface area contributed by atoms with Gasteiger partial charge in [0, 0.05) is 24.5 Å². The summed E-state index contributed by atoms with van der Waals surface area (Å²) in [6.07, 6.45) is 5.05. The van der Waals surface area contributed by atoms with Crippen molar-refractivity contribution in [3.63, 3.8) is 0 Å². The van der Waals surface area contributed by atoms with Crippen LogP contribution in [0.1, 0.15) is 43.0 Å². The Kier molecular flexibility index (Phi) is 6.09. The van der Waals surface area contributed by atoms with Crippen LogP contribution < -0.4 is 5.32 Å². The molecule has 1 fully saturated rings. The molecule has 0 radical (unpaired) electrons. The smallest absolute Gasteiger partial charge is 0.252 e. The van der Waals surface area contributed by atoms with E-state index in [1.54, 1.807) is 11.3 Å². The van der Waals surface area contributed by atoms with E-state index in [0.717, 1.165) is 28.0 Å². The first-order valence-corrected chi connectivity index (χ1v) is 8.89. The fraction of sp³-hybridized carbons (Fsp3) is 0.643. The number of thiophene rings is 1. The summed E-state index contributed by atoms with van der Waals surface area (Å²) >= 11 is 3.85. The molecule has 0 saturated carbocycles. The van der Waals surface area contributed by atoms with E-state index >= 15 is 0 Å². The molecule has 1 amide bonds. The number of carbonyl (C=O) groups is 1. The SMILES string of the molecule is CC1CCCCN1CCCNC(=O)c1csc(I)c1. The van der Waals surface area contributed by atoms with Gasteiger partial charge in [-0.2, -0.15) is 0 Å². The molecule has 1 aliphatic heterocycles. The van der Waals surface area contributed by atoms with Crippen molar-refractivity contribution in [2.75, 3.05) is 19.6 Å². The van der Waals surface area contributed by atoms with Crippen LogP contribution in [0.2, 0.25) is 0 Å². The molecule has 1 aromatic rings. The Morgan fingerprint density at radius 2 is 2.42 bits per heavy atom. The highest BCUT2D eigenvalue weighted by Gasteiger charge is 2.17. The van der Waals surface area contributed by atoms with E-state index in [-0.39, 0.29) is 5.91 Å². The second-order valence-corrected chi connectivity index (χ2v) is 7.94. The number of rotatable bonds is 5. The Labute approximate surface area is 132 Å². The fourth-order valence-corrected chi connectivity index (χ4v) is 3.83. The van der Waals surface area contributed by atoms with Crippen molar-refractivity contribution in [1.29, 1.82) is 0 Å². The second kappa shape index (κ2) is 7.59. The van der Waals surface area contributed by atoms with Gasteiger partial charge < -0.3 is 10.2 Å². The van der Waals surface area contributed by atoms with Gasteiger partial charge >= 0.3 is 0 Å². The highest BCUT2D eigenvalue weighted by atomic mass is 127. The summed E-state index contributed by atoms with van der Waals surface area (Å²) in [4.78, 5) is 14.4. The van der Waals surface area contributed by atoms with E-state index < -0.39 is 0 Å². The van der Waals surface area contributed by atoms with E-state index in [4.69, 9.17) is 0 Å². The third-order valence-electron chi connectivity index (χ3n) is 3.68. The van der Waals surface area contributed by atoms with Gasteiger partial charge in [-0.25, -0.2) is 0 Å². The number of hydrogen-bond acceptors (Lipinski definition) is 3. The van der Waals surface area contributed by atoms with Crippen molar-refractivity contribution in [2.24, 2.45) is 0 Å². The summed E-state index contributed by atoms with van der Waals surface area (Å²) in [6, 6.07) is 2.65. The second-order valence-electron chi connectivity index (χ2n) is 5.13. The molecule has 0 spiro atoms. The summed E-state index contributed by atoms with van der Waals surface area (Å²) in [7, 11) is 0. The molecule has 2 heterocycles. The maximum Gasteiger partial charge on any atom is 0.252 e. The summed E-state index contributed by atoms with van der Waals surface area (Å²) in [5.74, 6) is 0.0610. The maximum atomic E-state index is 11.9. The number of hydrogen-bond donors (Lipinski definition) is 1. The minimum absolute atomic E-state index is 0.0610. The normalized spacial score (nSPS) is 20.4. The van der Waals surface area contributed by atoms with Crippen molar-refractivity contribution in [2.45, 2.75) is 38.6 Å². The number of nitrogens with zero attached hydrogens (tertiary/aromatic N) is 1. The quantitative estimate of drug-likeness (QED) is 0.616. The van der Waals surface area contributed by atoms with Crippen LogP contribution in [0.5, 0.6) is 0 Å². The van der Waals surface area contributed by atoms with Crippen LogP contribution >= 0.6 is 33.9 Å². The average Bonchev–Trinajstić information content (AvgIpc) is 2.83. The molecule has 2 rings (SSSR count). The largest absolute Gasteiger partial charge is 0.352 e. The van der Waals surface area contributed by atoms with E-state index in [9.17, 15) is 4.79 Å². The minimum atomic E-state index is 0.0610. The highest BCUT2D eigenvalue weighted by molar-refractivity contribution is 14.1. The lowest BCUT2D eigenvalue weighted by Crippen LogP contribution is -2.39. The van der Waals surface area contributed by atoms with E-state index in [0.29, 0.717) is 6.04 Å². The average molecular weight is 392 g/mol. The van der Waals surface area contributed by atoms with Gasteiger partial charge in [-0.3, -0.25) is 4.79 Å². The van der Waals surface area contributed by atoms with Crippen molar-refractivity contribution in [1.82, 2.24) is 10.2 Å². The molecule has 1 aromatic heterocycles. The molecule has 0 aromatic carbocycles. The molecule has 3 nitrogen and oxygen atoms in total. The van der Waals surface area contributed by atoms with Gasteiger partial charge in [0.05, 0.1) is 8.45 Å². The monoisotopic (exact) mass is 392 g/mol. The fourth-order valence-electron chi connectivity index (χ4n) is 2.51. The molecule has 0 bridgehead atoms. The molecule has 1 atom stereocenters. The topological polar surface area (TPSA) is 32.3 Å². The van der Waals surface area contributed by atoms with E-state index in [1.807, 2.05) is 11.4 Å². The van der Waals surface area contributed by atoms with Crippen LogP contribution in [0.15, 0.2) is 11.4 Å². The number of carbonyl (C=O) groups excluding carboxylic acids is 1. The molecule has 1 N–H and O–H groups in total. The molecule has 1 unspecified atom stereocenters. The summed E-state index contributed by atoms with van der Waals surface area (Å²) in [6.45, 7) is 5.40. The maximum absolute atomic E-state index is 11.9. The lowest BCUT2D eigenvalue weighted by molar-refractivity contribution is 0.0949. The Bertz CT molecular complexity index is 421. The molecular formula is C14H21IN2OS. The van der Waals surface area contributed by atoms with Gasteiger partial charge in [0.1, 0.15) is 0 Å². The van der Waals surface area contributed by atoms with Crippen molar-refractivity contribution in [3.8, 4) is 0 Å². The molecule has 19 heavy (non-hydrogen) atoms. The van der Waals surface area contributed by atoms with Gasteiger partial charge in [-0.15, -0.1) is 11.3 Å². The first-order valence-electron chi connectivity index (χ1n) is 6.93. The van der Waals surface area contributed by atoms with Gasteiger partial charge in [-0.1, -0.05) is 6.42 Å². The van der Waals surface area contributed by atoms with Crippen LogP contribution in [-0.2, 0) is 0 Å². The summed E-state index contributed by atoms with van der Waals surface area (Å²) in [5.41, 5.74) is 0.792. The summed E-state index contributed by atoms with van der Waals surface area (Å²) in [5, 5.41) is 4.92. The predicted molar refractivity (Wildman–Crippen MR) is 88.9 cm³/mol. The van der Waals surface area contributed by atoms with Crippen LogP contribution in [-0.4, -0.2) is 36.5 Å². The zero-order valence-electron chi connectivity index (χ0n) is 11.3. The van der Waals surface area contributed by atoms with Gasteiger partial charge in [0.15, 0.2) is 0 Å². The van der Waals surface area contributed by atoms with Crippen molar-refractivity contribution in [3.05, 3.63) is 19.9 Å². The van der Waals surface area contributed by atoms with Crippen molar-refractivity contribution >= 4 is 39.8 Å². The van der Waals surface area contributed by atoms with Crippen LogP contribution in [0.3, 0.4) is 0 Å². The number of halogens is 1. The van der Waals surface area contributed by atoms with Gasteiger partial charge in [0.2, 0.25) is 0 Å². The third kappa shape index (κ3) is 4.72. The lowest BCUT2D eigenvalue weighted by atomic mass is 10.0. The molecule has 0 aliphatic carbocycles. The Morgan fingerprint density at radius 3 is 3.11 bits per heavy atom. The Balaban J connectivity index is 1.65. The van der Waals surface area contributed by atoms with Crippen LogP contribution in [0.4, 0.5) is 0 Å². The Hall–Kier alpha value is -0.140. The molecule has 5 heteroatoms. The number of likely N-dealkylation sites (tertiary alicyclic amines) is 1. The predicted octanol–water partition coefficient (Wildman–Crippen LogP) is 3.35. The number of piperidine rings is 1. The van der Waals surface area contributed by atoms with Crippen molar-refractivity contribution < 1.29 is 4.79 Å². The lowest BCUT2D eigenvalue weighted by Gasteiger charge is -2.33. The highest BCUT2D eigenvalue weighted by Crippen LogP contribution is 2.17. The van der Waals surface area contributed by atoms with E-state index in [1.165, 1.54) is 25.8 Å². The minimum Gasteiger partial charge on any atom is -0.352 e.